The number of thioether (sulfide) groups is 2. The summed E-state index contributed by atoms with van der Waals surface area (Å²) >= 11 is 5.18. The lowest BCUT2D eigenvalue weighted by atomic mass is 9.97. The van der Waals surface area contributed by atoms with E-state index in [0.29, 0.717) is 0 Å². The fraction of sp³-hybridized carbons (Fsp3) is 0.438. The molecule has 4 nitrogen and oxygen atoms in total. The average Bonchev–Trinajstić information content (AvgIpc) is 3.12. The van der Waals surface area contributed by atoms with Crippen LogP contribution in [0.2, 0.25) is 0 Å². The number of aromatic nitrogens is 4. The summed E-state index contributed by atoms with van der Waals surface area (Å²) in [5.41, 5.74) is 3.58. The van der Waals surface area contributed by atoms with Gasteiger partial charge in [-0.2, -0.15) is 0 Å². The highest BCUT2D eigenvalue weighted by Gasteiger charge is 2.23. The third-order valence-corrected chi connectivity index (χ3v) is 7.01. The van der Waals surface area contributed by atoms with Crippen LogP contribution in [0.15, 0.2) is 22.5 Å². The number of rotatable bonds is 4. The maximum Gasteiger partial charge on any atom is 0.198 e. The summed E-state index contributed by atoms with van der Waals surface area (Å²) in [5.74, 6) is 0.856. The van der Waals surface area contributed by atoms with E-state index in [1.165, 1.54) is 35.1 Å². The molecule has 0 saturated carbocycles. The lowest BCUT2D eigenvalue weighted by Crippen LogP contribution is -2.00. The number of hydrogen-bond donors (Lipinski definition) is 0. The molecule has 0 amide bonds. The molecule has 0 saturated heterocycles. The van der Waals surface area contributed by atoms with Gasteiger partial charge in [-0.05, 0) is 44.4 Å². The SMILES string of the molecule is C=C(C)CSc1nnc2c3c4c(sc3nc(SC)n12)CCCC4. The van der Waals surface area contributed by atoms with Crippen molar-refractivity contribution in [3.05, 3.63) is 22.6 Å². The van der Waals surface area contributed by atoms with Gasteiger partial charge in [-0.1, -0.05) is 35.7 Å². The Hall–Kier alpha value is -1.05. The van der Waals surface area contributed by atoms with Crippen LogP contribution in [0, 0.1) is 0 Å². The van der Waals surface area contributed by atoms with Gasteiger partial charge >= 0.3 is 0 Å². The predicted octanol–water partition coefficient (Wildman–Crippen LogP) is 4.61. The van der Waals surface area contributed by atoms with Gasteiger partial charge in [0.25, 0.3) is 0 Å². The van der Waals surface area contributed by atoms with Gasteiger partial charge in [0, 0.05) is 10.6 Å². The highest BCUT2D eigenvalue weighted by Crippen LogP contribution is 2.39. The Morgan fingerprint density at radius 3 is 2.87 bits per heavy atom. The first kappa shape index (κ1) is 15.5. The van der Waals surface area contributed by atoms with E-state index in [1.807, 2.05) is 18.3 Å². The van der Waals surface area contributed by atoms with E-state index in [9.17, 15) is 0 Å². The second kappa shape index (κ2) is 6.11. The zero-order chi connectivity index (χ0) is 16.0. The number of fused-ring (bicyclic) bond motifs is 5. The maximum atomic E-state index is 4.92. The van der Waals surface area contributed by atoms with Crippen molar-refractivity contribution in [1.82, 2.24) is 19.6 Å². The van der Waals surface area contributed by atoms with Crippen LogP contribution in [-0.4, -0.2) is 31.6 Å². The molecule has 1 aliphatic rings. The Morgan fingerprint density at radius 2 is 2.09 bits per heavy atom. The lowest BCUT2D eigenvalue weighted by Gasteiger charge is -2.10. The molecule has 0 atom stereocenters. The van der Waals surface area contributed by atoms with Gasteiger partial charge in [-0.15, -0.1) is 21.5 Å². The summed E-state index contributed by atoms with van der Waals surface area (Å²) < 4.78 is 2.13. The third-order valence-electron chi connectivity index (χ3n) is 4.03. The van der Waals surface area contributed by atoms with Crippen LogP contribution < -0.4 is 0 Å². The molecule has 0 radical (unpaired) electrons. The fourth-order valence-corrected chi connectivity index (χ4v) is 5.71. The Labute approximate surface area is 147 Å². The van der Waals surface area contributed by atoms with E-state index >= 15 is 0 Å². The van der Waals surface area contributed by atoms with E-state index in [4.69, 9.17) is 4.98 Å². The number of hydrogen-bond acceptors (Lipinski definition) is 6. The summed E-state index contributed by atoms with van der Waals surface area (Å²) in [4.78, 5) is 7.54. The number of aryl methyl sites for hydroxylation is 2. The summed E-state index contributed by atoms with van der Waals surface area (Å²) in [5, 5.41) is 12.1. The van der Waals surface area contributed by atoms with Crippen molar-refractivity contribution in [3.63, 3.8) is 0 Å². The fourth-order valence-electron chi connectivity index (χ4n) is 3.02. The topological polar surface area (TPSA) is 43.1 Å². The Kier molecular flexibility index (Phi) is 4.11. The molecule has 23 heavy (non-hydrogen) atoms. The third kappa shape index (κ3) is 2.58. The van der Waals surface area contributed by atoms with Crippen LogP contribution in [0.3, 0.4) is 0 Å². The van der Waals surface area contributed by atoms with Crippen molar-refractivity contribution in [2.45, 2.75) is 42.9 Å². The molecular weight excluding hydrogens is 344 g/mol. The number of thiophene rings is 1. The molecule has 0 fully saturated rings. The van der Waals surface area contributed by atoms with E-state index in [1.54, 1.807) is 23.5 Å². The van der Waals surface area contributed by atoms with E-state index in [2.05, 4.69) is 27.4 Å². The summed E-state index contributed by atoms with van der Waals surface area (Å²) in [6.07, 6.45) is 6.95. The molecule has 4 rings (SSSR count). The first-order valence-electron chi connectivity index (χ1n) is 7.69. The monoisotopic (exact) mass is 362 g/mol. The van der Waals surface area contributed by atoms with Gasteiger partial charge in [-0.25, -0.2) is 9.38 Å². The van der Waals surface area contributed by atoms with Gasteiger partial charge in [0.1, 0.15) is 4.83 Å². The van der Waals surface area contributed by atoms with Gasteiger partial charge in [0.2, 0.25) is 0 Å². The standard InChI is InChI=1S/C16H18N4S3/c1-9(2)8-22-16-19-18-13-12-10-6-4-5-7-11(10)23-14(12)17-15(21-3)20(13)16/h1,4-8H2,2-3H3. The largest absolute Gasteiger partial charge is 0.248 e. The first-order chi connectivity index (χ1) is 11.2. The summed E-state index contributed by atoms with van der Waals surface area (Å²) in [6, 6.07) is 0. The molecule has 7 heteroatoms. The van der Waals surface area contributed by atoms with Crippen molar-refractivity contribution in [1.29, 1.82) is 0 Å². The first-order valence-corrected chi connectivity index (χ1v) is 10.7. The second-order valence-corrected chi connectivity index (χ2v) is 8.68. The molecule has 1 aliphatic carbocycles. The molecule has 0 N–H and O–H groups in total. The zero-order valence-electron chi connectivity index (χ0n) is 13.3. The van der Waals surface area contributed by atoms with Gasteiger partial charge in [0.15, 0.2) is 16.0 Å². The van der Waals surface area contributed by atoms with Crippen molar-refractivity contribution in [2.24, 2.45) is 0 Å². The van der Waals surface area contributed by atoms with Crippen LogP contribution in [0.25, 0.3) is 15.9 Å². The van der Waals surface area contributed by atoms with Crippen molar-refractivity contribution in [3.8, 4) is 0 Å². The highest BCUT2D eigenvalue weighted by atomic mass is 32.2. The second-order valence-electron chi connectivity index (χ2n) is 5.88. The minimum Gasteiger partial charge on any atom is -0.248 e. The zero-order valence-corrected chi connectivity index (χ0v) is 15.7. The minimum atomic E-state index is 0.856. The smallest absolute Gasteiger partial charge is 0.198 e. The normalized spacial score (nSPS) is 14.5. The van der Waals surface area contributed by atoms with Crippen molar-refractivity contribution in [2.75, 3.05) is 12.0 Å². The number of nitrogens with zero attached hydrogens (tertiary/aromatic N) is 4. The molecule has 0 bridgehead atoms. The molecule has 3 heterocycles. The highest BCUT2D eigenvalue weighted by molar-refractivity contribution is 7.99. The molecule has 3 aromatic rings. The Balaban J connectivity index is 1.97. The maximum absolute atomic E-state index is 4.92. The molecule has 0 aromatic carbocycles. The van der Waals surface area contributed by atoms with E-state index < -0.39 is 0 Å². The van der Waals surface area contributed by atoms with Crippen molar-refractivity contribution < 1.29 is 0 Å². The van der Waals surface area contributed by atoms with Crippen LogP contribution >= 0.6 is 34.9 Å². The molecule has 0 unspecified atom stereocenters. The molecule has 3 aromatic heterocycles. The average molecular weight is 363 g/mol. The van der Waals surface area contributed by atoms with E-state index in [-0.39, 0.29) is 0 Å². The van der Waals surface area contributed by atoms with Crippen LogP contribution in [0.1, 0.15) is 30.2 Å². The van der Waals surface area contributed by atoms with Crippen LogP contribution in [0.4, 0.5) is 0 Å². The Bertz CT molecular complexity index is 909. The summed E-state index contributed by atoms with van der Waals surface area (Å²) in [7, 11) is 0. The minimum absolute atomic E-state index is 0.856. The van der Waals surface area contributed by atoms with Gasteiger partial charge < -0.3 is 0 Å². The molecule has 0 spiro atoms. The van der Waals surface area contributed by atoms with Crippen LogP contribution in [0.5, 0.6) is 0 Å². The van der Waals surface area contributed by atoms with Gasteiger partial charge in [-0.3, -0.25) is 0 Å². The quantitative estimate of drug-likeness (QED) is 0.385. The van der Waals surface area contributed by atoms with E-state index in [0.717, 1.165) is 38.5 Å². The molecule has 0 aliphatic heterocycles. The van der Waals surface area contributed by atoms with Crippen LogP contribution in [-0.2, 0) is 12.8 Å². The molecular formula is C16H18N4S3. The molecule has 120 valence electrons. The lowest BCUT2D eigenvalue weighted by molar-refractivity contribution is 0.700. The summed E-state index contributed by atoms with van der Waals surface area (Å²) in [6.45, 7) is 6.02. The predicted molar refractivity (Wildman–Crippen MR) is 100 cm³/mol. The van der Waals surface area contributed by atoms with Gasteiger partial charge in [0.05, 0.1) is 5.39 Å². The Morgan fingerprint density at radius 1 is 1.26 bits per heavy atom. The van der Waals surface area contributed by atoms with Crippen molar-refractivity contribution >= 4 is 50.7 Å².